The molecule has 3 aromatic rings. The zero-order valence-electron chi connectivity index (χ0n) is 15.4. The summed E-state index contributed by atoms with van der Waals surface area (Å²) in [5.74, 6) is -1.94. The van der Waals surface area contributed by atoms with E-state index in [2.05, 4.69) is 10.6 Å². The molecule has 0 aliphatic carbocycles. The molecule has 1 heterocycles. The molecule has 0 fully saturated rings. The van der Waals surface area contributed by atoms with Gasteiger partial charge in [-0.3, -0.25) is 9.59 Å². The number of phenols is 1. The maximum Gasteiger partial charge on any atom is 0.255 e. The van der Waals surface area contributed by atoms with E-state index >= 15 is 0 Å². The van der Waals surface area contributed by atoms with E-state index in [1.807, 2.05) is 12.1 Å². The second-order valence-electron chi connectivity index (χ2n) is 6.34. The number of nitrogens with one attached hydrogen (secondary N) is 2. The molecule has 0 saturated heterocycles. The molecule has 0 radical (unpaired) electrons. The SMILES string of the molecule is O=C(N[C@@H](CO)C(=O)NCc1ccc(F)cc1)c1cc(-n2cccc2)ccc1O. The molecule has 2 aromatic carbocycles. The van der Waals surface area contributed by atoms with Gasteiger partial charge in [0.1, 0.15) is 17.6 Å². The molecule has 7 nitrogen and oxygen atoms in total. The Hall–Kier alpha value is -3.65. The van der Waals surface area contributed by atoms with Gasteiger partial charge in [0.15, 0.2) is 0 Å². The first-order chi connectivity index (χ1) is 14.0. The average Bonchev–Trinajstić information content (AvgIpc) is 3.26. The molecule has 1 aromatic heterocycles. The van der Waals surface area contributed by atoms with E-state index in [9.17, 15) is 24.2 Å². The summed E-state index contributed by atoms with van der Waals surface area (Å²) in [5, 5.41) is 24.5. The predicted octanol–water partition coefficient (Wildman–Crippen LogP) is 1.73. The highest BCUT2D eigenvalue weighted by molar-refractivity contribution is 6.00. The molecule has 0 aliphatic heterocycles. The first-order valence-electron chi connectivity index (χ1n) is 8.88. The van der Waals surface area contributed by atoms with Crippen molar-refractivity contribution in [3.8, 4) is 11.4 Å². The van der Waals surface area contributed by atoms with Crippen LogP contribution in [0.5, 0.6) is 5.75 Å². The molecule has 1 atom stereocenters. The van der Waals surface area contributed by atoms with Crippen molar-refractivity contribution in [2.75, 3.05) is 6.61 Å². The molecule has 0 spiro atoms. The molecular formula is C21H20FN3O4. The lowest BCUT2D eigenvalue weighted by molar-refractivity contribution is -0.124. The van der Waals surface area contributed by atoms with E-state index < -0.39 is 24.5 Å². The number of aromatic nitrogens is 1. The van der Waals surface area contributed by atoms with Crippen molar-refractivity contribution in [2.45, 2.75) is 12.6 Å². The van der Waals surface area contributed by atoms with E-state index in [-0.39, 0.29) is 23.7 Å². The Bertz CT molecular complexity index is 988. The van der Waals surface area contributed by atoms with E-state index in [1.165, 1.54) is 36.4 Å². The zero-order valence-corrected chi connectivity index (χ0v) is 15.4. The molecule has 3 rings (SSSR count). The van der Waals surface area contributed by atoms with Gasteiger partial charge in [0.05, 0.1) is 12.2 Å². The van der Waals surface area contributed by atoms with Crippen LogP contribution in [0.25, 0.3) is 5.69 Å². The van der Waals surface area contributed by atoms with Crippen molar-refractivity contribution in [3.05, 3.63) is 83.9 Å². The van der Waals surface area contributed by atoms with E-state index in [0.717, 1.165) is 0 Å². The lowest BCUT2D eigenvalue weighted by Gasteiger charge is -2.17. The van der Waals surface area contributed by atoms with Gasteiger partial charge >= 0.3 is 0 Å². The monoisotopic (exact) mass is 397 g/mol. The summed E-state index contributed by atoms with van der Waals surface area (Å²) >= 11 is 0. The molecule has 150 valence electrons. The number of aliphatic hydroxyl groups is 1. The second kappa shape index (κ2) is 9.03. The fourth-order valence-corrected chi connectivity index (χ4v) is 2.72. The molecular weight excluding hydrogens is 377 g/mol. The standard InChI is InChI=1S/C21H20FN3O4/c22-15-5-3-14(4-6-15)12-23-21(29)18(13-26)24-20(28)17-11-16(7-8-19(17)27)25-9-1-2-10-25/h1-11,18,26-27H,12-13H2,(H,23,29)(H,24,28)/t18-/m0/s1. The molecule has 29 heavy (non-hydrogen) atoms. The fraction of sp³-hybridized carbons (Fsp3) is 0.143. The third-order valence-corrected chi connectivity index (χ3v) is 4.31. The number of nitrogens with zero attached hydrogens (tertiary/aromatic N) is 1. The van der Waals surface area contributed by atoms with Crippen LogP contribution in [-0.4, -0.2) is 39.2 Å². The van der Waals surface area contributed by atoms with Crippen molar-refractivity contribution in [1.82, 2.24) is 15.2 Å². The lowest BCUT2D eigenvalue weighted by Crippen LogP contribution is -2.48. The Kier molecular flexibility index (Phi) is 6.25. The highest BCUT2D eigenvalue weighted by Gasteiger charge is 2.22. The third-order valence-electron chi connectivity index (χ3n) is 4.31. The van der Waals surface area contributed by atoms with Gasteiger partial charge in [0.2, 0.25) is 5.91 Å². The van der Waals surface area contributed by atoms with Gasteiger partial charge in [0, 0.05) is 24.6 Å². The van der Waals surface area contributed by atoms with Crippen molar-refractivity contribution in [1.29, 1.82) is 0 Å². The van der Waals surface area contributed by atoms with Crippen LogP contribution in [0.1, 0.15) is 15.9 Å². The topological polar surface area (TPSA) is 104 Å². The Morgan fingerprint density at radius 3 is 2.41 bits per heavy atom. The molecule has 8 heteroatoms. The summed E-state index contributed by atoms with van der Waals surface area (Å²) in [6.07, 6.45) is 3.57. The number of benzene rings is 2. The molecule has 0 unspecified atom stereocenters. The van der Waals surface area contributed by atoms with Gasteiger partial charge in [-0.25, -0.2) is 4.39 Å². The van der Waals surface area contributed by atoms with Gasteiger partial charge in [-0.1, -0.05) is 12.1 Å². The number of hydrogen-bond acceptors (Lipinski definition) is 4. The van der Waals surface area contributed by atoms with E-state index in [0.29, 0.717) is 11.3 Å². The van der Waals surface area contributed by atoms with Crippen LogP contribution in [0.4, 0.5) is 4.39 Å². The molecule has 0 bridgehead atoms. The number of rotatable bonds is 7. The number of carbonyl (C=O) groups is 2. The summed E-state index contributed by atoms with van der Waals surface area (Å²) in [5.41, 5.74) is 1.29. The van der Waals surface area contributed by atoms with Crippen LogP contribution in [0.15, 0.2) is 67.0 Å². The van der Waals surface area contributed by atoms with Crippen molar-refractivity contribution in [2.24, 2.45) is 0 Å². The zero-order chi connectivity index (χ0) is 20.8. The average molecular weight is 397 g/mol. The second-order valence-corrected chi connectivity index (χ2v) is 6.34. The Balaban J connectivity index is 1.66. The molecule has 4 N–H and O–H groups in total. The summed E-state index contributed by atoms with van der Waals surface area (Å²) in [6, 6.07) is 12.5. The normalized spacial score (nSPS) is 11.7. The van der Waals surface area contributed by atoms with Crippen LogP contribution < -0.4 is 10.6 Å². The third kappa shape index (κ3) is 4.99. The number of phenolic OH excluding ortho intramolecular Hbond substituents is 1. The number of halogens is 1. The quantitative estimate of drug-likeness (QED) is 0.487. The number of carbonyl (C=O) groups excluding carboxylic acids is 2. The van der Waals surface area contributed by atoms with Crippen LogP contribution >= 0.6 is 0 Å². The smallest absolute Gasteiger partial charge is 0.255 e. The summed E-state index contributed by atoms with van der Waals surface area (Å²) in [7, 11) is 0. The van der Waals surface area contributed by atoms with Crippen LogP contribution in [0.2, 0.25) is 0 Å². The minimum atomic E-state index is -1.21. The van der Waals surface area contributed by atoms with Crippen molar-refractivity contribution >= 4 is 11.8 Å². The van der Waals surface area contributed by atoms with E-state index in [1.54, 1.807) is 23.0 Å². The molecule has 0 aliphatic rings. The van der Waals surface area contributed by atoms with Crippen LogP contribution in [0, 0.1) is 5.82 Å². The van der Waals surface area contributed by atoms with Gasteiger partial charge in [-0.05, 0) is 48.0 Å². The summed E-state index contributed by atoms with van der Waals surface area (Å²) in [4.78, 5) is 24.9. The largest absolute Gasteiger partial charge is 0.507 e. The predicted molar refractivity (Wildman–Crippen MR) is 104 cm³/mol. The highest BCUT2D eigenvalue weighted by Crippen LogP contribution is 2.21. The minimum absolute atomic E-state index is 0.0269. The number of amides is 2. The summed E-state index contributed by atoms with van der Waals surface area (Å²) < 4.78 is 14.7. The first kappa shape index (κ1) is 20.1. The number of aliphatic hydroxyl groups excluding tert-OH is 1. The first-order valence-corrected chi connectivity index (χ1v) is 8.88. The lowest BCUT2D eigenvalue weighted by atomic mass is 10.1. The van der Waals surface area contributed by atoms with Crippen LogP contribution in [-0.2, 0) is 11.3 Å². The van der Waals surface area contributed by atoms with Gasteiger partial charge in [-0.15, -0.1) is 0 Å². The maximum atomic E-state index is 12.9. The van der Waals surface area contributed by atoms with Crippen LogP contribution in [0.3, 0.4) is 0 Å². The number of hydrogen-bond donors (Lipinski definition) is 4. The Morgan fingerprint density at radius 1 is 1.07 bits per heavy atom. The maximum absolute atomic E-state index is 12.9. The van der Waals surface area contributed by atoms with Crippen molar-refractivity contribution in [3.63, 3.8) is 0 Å². The summed E-state index contributed by atoms with van der Waals surface area (Å²) in [6.45, 7) is -0.515. The Labute approximate surface area is 166 Å². The fourth-order valence-electron chi connectivity index (χ4n) is 2.72. The Morgan fingerprint density at radius 2 is 1.76 bits per heavy atom. The molecule has 2 amide bonds. The van der Waals surface area contributed by atoms with Gasteiger partial charge in [-0.2, -0.15) is 0 Å². The van der Waals surface area contributed by atoms with Crippen molar-refractivity contribution < 1.29 is 24.2 Å². The highest BCUT2D eigenvalue weighted by atomic mass is 19.1. The van der Waals surface area contributed by atoms with Gasteiger partial charge in [0.25, 0.3) is 5.91 Å². The molecule has 0 saturated carbocycles. The van der Waals surface area contributed by atoms with E-state index in [4.69, 9.17) is 0 Å². The minimum Gasteiger partial charge on any atom is -0.507 e. The van der Waals surface area contributed by atoms with Gasteiger partial charge < -0.3 is 25.4 Å². The number of aromatic hydroxyl groups is 1.